The van der Waals surface area contributed by atoms with E-state index in [1.807, 2.05) is 18.2 Å². The van der Waals surface area contributed by atoms with E-state index in [0.717, 1.165) is 12.5 Å². The van der Waals surface area contributed by atoms with Gasteiger partial charge >= 0.3 is 0 Å². The van der Waals surface area contributed by atoms with Gasteiger partial charge in [-0.25, -0.2) is 8.78 Å². The van der Waals surface area contributed by atoms with Gasteiger partial charge < -0.3 is 0 Å². The zero-order valence-corrected chi connectivity index (χ0v) is 10.2. The molecule has 0 spiro atoms. The average molecular weight is 260 g/mol. The van der Waals surface area contributed by atoms with Crippen LogP contribution < -0.4 is 11.3 Å². The minimum absolute atomic E-state index is 0.126. The van der Waals surface area contributed by atoms with Crippen LogP contribution in [0.15, 0.2) is 42.5 Å². The van der Waals surface area contributed by atoms with Crippen LogP contribution in [0.3, 0.4) is 0 Å². The smallest absolute Gasteiger partial charge is 0.130 e. The van der Waals surface area contributed by atoms with Gasteiger partial charge in [0.05, 0.1) is 6.04 Å². The molecule has 2 atom stereocenters. The summed E-state index contributed by atoms with van der Waals surface area (Å²) in [5, 5.41) is 0. The lowest BCUT2D eigenvalue weighted by Gasteiger charge is -2.36. The van der Waals surface area contributed by atoms with Crippen LogP contribution in [0.25, 0.3) is 0 Å². The predicted molar refractivity (Wildman–Crippen MR) is 69.3 cm³/mol. The quantitative estimate of drug-likeness (QED) is 0.658. The van der Waals surface area contributed by atoms with Gasteiger partial charge in [0.25, 0.3) is 0 Å². The Balaban J connectivity index is 1.95. The minimum atomic E-state index is -0.578. The number of fused-ring (bicyclic) bond motifs is 1. The van der Waals surface area contributed by atoms with Crippen molar-refractivity contribution in [1.82, 2.24) is 5.43 Å². The lowest BCUT2D eigenvalue weighted by Crippen LogP contribution is -2.37. The summed E-state index contributed by atoms with van der Waals surface area (Å²) in [7, 11) is 0. The molecule has 3 N–H and O–H groups in total. The number of hydrogen-bond donors (Lipinski definition) is 2. The van der Waals surface area contributed by atoms with Crippen LogP contribution in [0.4, 0.5) is 8.78 Å². The molecule has 1 aliphatic rings. The van der Waals surface area contributed by atoms with Crippen molar-refractivity contribution < 1.29 is 8.78 Å². The molecule has 2 unspecified atom stereocenters. The Kier molecular flexibility index (Phi) is 3.05. The number of benzene rings is 2. The summed E-state index contributed by atoms with van der Waals surface area (Å²) in [6, 6.07) is 11.3. The fraction of sp³-hybridized carbons (Fsp3) is 0.200. The first kappa shape index (κ1) is 12.3. The highest BCUT2D eigenvalue weighted by atomic mass is 19.1. The van der Waals surface area contributed by atoms with E-state index in [1.165, 1.54) is 23.3 Å². The maximum atomic E-state index is 13.8. The molecule has 2 aromatic rings. The van der Waals surface area contributed by atoms with E-state index < -0.39 is 11.6 Å². The van der Waals surface area contributed by atoms with E-state index in [2.05, 4.69) is 11.5 Å². The molecule has 3 rings (SSSR count). The monoisotopic (exact) mass is 260 g/mol. The second-order valence-electron chi connectivity index (χ2n) is 4.82. The van der Waals surface area contributed by atoms with Crippen LogP contribution in [0.5, 0.6) is 0 Å². The van der Waals surface area contributed by atoms with Gasteiger partial charge in [0.1, 0.15) is 11.6 Å². The standard InChI is InChI=1S/C15H14F2N2/c16-10-5-6-12(14(17)8-10)15(19-18)13-7-9-3-1-2-4-11(9)13/h1-6,8,13,15,19H,7,18H2. The SMILES string of the molecule is NNC(c1ccc(F)cc1F)C1Cc2ccccc21. The van der Waals surface area contributed by atoms with E-state index in [0.29, 0.717) is 5.56 Å². The molecule has 0 amide bonds. The highest BCUT2D eigenvalue weighted by Gasteiger charge is 2.34. The lowest BCUT2D eigenvalue weighted by molar-refractivity contribution is 0.403. The maximum absolute atomic E-state index is 13.8. The molecule has 0 bridgehead atoms. The van der Waals surface area contributed by atoms with Crippen molar-refractivity contribution in [2.45, 2.75) is 18.4 Å². The second kappa shape index (κ2) is 4.72. The van der Waals surface area contributed by atoms with Gasteiger partial charge in [-0.05, 0) is 23.6 Å². The summed E-state index contributed by atoms with van der Waals surface area (Å²) in [6.07, 6.45) is 0.849. The topological polar surface area (TPSA) is 38.0 Å². The van der Waals surface area contributed by atoms with Crippen LogP contribution >= 0.6 is 0 Å². The van der Waals surface area contributed by atoms with Crippen molar-refractivity contribution in [2.24, 2.45) is 5.84 Å². The Bertz CT molecular complexity index is 613. The molecule has 4 heteroatoms. The highest BCUT2D eigenvalue weighted by molar-refractivity contribution is 5.43. The molecule has 2 aromatic carbocycles. The van der Waals surface area contributed by atoms with Gasteiger partial charge in [0.2, 0.25) is 0 Å². The Morgan fingerprint density at radius 3 is 2.63 bits per heavy atom. The molecule has 0 radical (unpaired) electrons. The average Bonchev–Trinajstić information content (AvgIpc) is 2.37. The molecule has 0 aromatic heterocycles. The molecule has 0 aliphatic heterocycles. The van der Waals surface area contributed by atoms with E-state index in [9.17, 15) is 8.78 Å². The Morgan fingerprint density at radius 1 is 1.16 bits per heavy atom. The van der Waals surface area contributed by atoms with E-state index in [1.54, 1.807) is 0 Å². The molecule has 0 saturated carbocycles. The second-order valence-corrected chi connectivity index (χ2v) is 4.82. The number of nitrogens with one attached hydrogen (secondary N) is 1. The number of halogens is 2. The number of hydrazine groups is 1. The zero-order valence-electron chi connectivity index (χ0n) is 10.2. The van der Waals surface area contributed by atoms with Crippen molar-refractivity contribution in [1.29, 1.82) is 0 Å². The Morgan fingerprint density at radius 2 is 1.95 bits per heavy atom. The molecule has 1 aliphatic carbocycles. The normalized spacial score (nSPS) is 18.6. The largest absolute Gasteiger partial charge is 0.271 e. The number of rotatable bonds is 3. The van der Waals surface area contributed by atoms with Crippen LogP contribution in [0.2, 0.25) is 0 Å². The highest BCUT2D eigenvalue weighted by Crippen LogP contribution is 2.43. The summed E-state index contributed by atoms with van der Waals surface area (Å²) < 4.78 is 26.8. The third-order valence-corrected chi connectivity index (χ3v) is 3.77. The molecule has 0 heterocycles. The molecular weight excluding hydrogens is 246 g/mol. The van der Waals surface area contributed by atoms with Crippen molar-refractivity contribution in [2.75, 3.05) is 0 Å². The van der Waals surface area contributed by atoms with Crippen molar-refractivity contribution >= 4 is 0 Å². The van der Waals surface area contributed by atoms with Crippen LogP contribution in [0, 0.1) is 11.6 Å². The summed E-state index contributed by atoms with van der Waals surface area (Å²) in [4.78, 5) is 0. The van der Waals surface area contributed by atoms with Gasteiger partial charge in [-0.3, -0.25) is 11.3 Å². The molecule has 2 nitrogen and oxygen atoms in total. The third kappa shape index (κ3) is 2.03. The molecule has 0 saturated heterocycles. The molecule has 98 valence electrons. The van der Waals surface area contributed by atoms with Crippen LogP contribution in [-0.4, -0.2) is 0 Å². The van der Waals surface area contributed by atoms with Gasteiger partial charge in [-0.2, -0.15) is 0 Å². The summed E-state index contributed by atoms with van der Waals surface area (Å²) in [6.45, 7) is 0. The molecule has 19 heavy (non-hydrogen) atoms. The third-order valence-electron chi connectivity index (χ3n) is 3.77. The Labute approximate surface area is 110 Å². The summed E-state index contributed by atoms with van der Waals surface area (Å²) >= 11 is 0. The summed E-state index contributed by atoms with van der Waals surface area (Å²) in [5.74, 6) is 4.55. The Hall–Kier alpha value is -1.78. The van der Waals surface area contributed by atoms with Crippen molar-refractivity contribution in [3.63, 3.8) is 0 Å². The first-order valence-corrected chi connectivity index (χ1v) is 6.19. The van der Waals surface area contributed by atoms with Gasteiger partial charge in [0, 0.05) is 17.5 Å². The van der Waals surface area contributed by atoms with Gasteiger partial charge in [-0.1, -0.05) is 30.3 Å². The fourth-order valence-electron chi connectivity index (χ4n) is 2.77. The predicted octanol–water partition coefficient (Wildman–Crippen LogP) is 2.81. The minimum Gasteiger partial charge on any atom is -0.271 e. The van der Waals surface area contributed by atoms with Crippen molar-refractivity contribution in [3.05, 3.63) is 70.8 Å². The number of nitrogens with two attached hydrogens (primary N) is 1. The first-order valence-electron chi connectivity index (χ1n) is 6.19. The molecular formula is C15H14F2N2. The van der Waals surface area contributed by atoms with E-state index >= 15 is 0 Å². The zero-order chi connectivity index (χ0) is 13.4. The van der Waals surface area contributed by atoms with Crippen LogP contribution in [-0.2, 0) is 6.42 Å². The lowest BCUT2D eigenvalue weighted by atomic mass is 9.72. The van der Waals surface area contributed by atoms with Gasteiger partial charge in [0.15, 0.2) is 0 Å². The molecule has 0 fully saturated rings. The van der Waals surface area contributed by atoms with E-state index in [4.69, 9.17) is 5.84 Å². The van der Waals surface area contributed by atoms with Crippen molar-refractivity contribution in [3.8, 4) is 0 Å². The van der Waals surface area contributed by atoms with Gasteiger partial charge in [-0.15, -0.1) is 0 Å². The number of hydrogen-bond acceptors (Lipinski definition) is 2. The fourth-order valence-corrected chi connectivity index (χ4v) is 2.77. The van der Waals surface area contributed by atoms with Crippen LogP contribution in [0.1, 0.15) is 28.7 Å². The first-order chi connectivity index (χ1) is 9.20. The maximum Gasteiger partial charge on any atom is 0.130 e. The van der Waals surface area contributed by atoms with E-state index in [-0.39, 0.29) is 12.0 Å². The summed E-state index contributed by atoms with van der Waals surface area (Å²) in [5.41, 5.74) is 5.50.